The first kappa shape index (κ1) is 27.9. The molecular formula is C26H54O2. The highest BCUT2D eigenvalue weighted by atomic mass is 16.5. The Kier molecular flexibility index (Phi) is 21.6. The fourth-order valence-electron chi connectivity index (χ4n) is 4.09. The molecule has 0 atom stereocenters. The van der Waals surface area contributed by atoms with Crippen LogP contribution in [-0.2, 0) is 0 Å². The van der Waals surface area contributed by atoms with Crippen molar-refractivity contribution in [3.63, 3.8) is 0 Å². The molecule has 28 heavy (non-hydrogen) atoms. The summed E-state index contributed by atoms with van der Waals surface area (Å²) in [5.74, 6) is -1.42. The first-order valence-corrected chi connectivity index (χ1v) is 13.1. The summed E-state index contributed by atoms with van der Waals surface area (Å²) in [5, 5.41) is 20.3. The third-order valence-electron chi connectivity index (χ3n) is 6.11. The van der Waals surface area contributed by atoms with Gasteiger partial charge >= 0.3 is 0 Å². The molecule has 0 aromatic carbocycles. The topological polar surface area (TPSA) is 40.5 Å². The van der Waals surface area contributed by atoms with Crippen LogP contribution in [0.5, 0.6) is 0 Å². The standard InChI is InChI=1S/C26H54O2/c1-3-5-7-9-11-13-15-17-19-21-23-25-26(27,28)24-22-20-18-16-14-12-10-8-6-4-2/h27-28H,3-25H2,1-2H3. The lowest BCUT2D eigenvalue weighted by Crippen LogP contribution is -2.27. The van der Waals surface area contributed by atoms with E-state index in [0.29, 0.717) is 12.8 Å². The largest absolute Gasteiger partial charge is 0.366 e. The average molecular weight is 399 g/mol. The lowest BCUT2D eigenvalue weighted by molar-refractivity contribution is -0.172. The van der Waals surface area contributed by atoms with Crippen LogP contribution in [0.15, 0.2) is 0 Å². The van der Waals surface area contributed by atoms with Crippen molar-refractivity contribution in [1.82, 2.24) is 0 Å². The fourth-order valence-corrected chi connectivity index (χ4v) is 4.09. The smallest absolute Gasteiger partial charge is 0.162 e. The summed E-state index contributed by atoms with van der Waals surface area (Å²) in [6.45, 7) is 4.53. The summed E-state index contributed by atoms with van der Waals surface area (Å²) < 4.78 is 0. The van der Waals surface area contributed by atoms with Crippen LogP contribution in [0, 0.1) is 0 Å². The van der Waals surface area contributed by atoms with Gasteiger partial charge in [-0.3, -0.25) is 0 Å². The average Bonchev–Trinajstić information content (AvgIpc) is 2.67. The SMILES string of the molecule is CCCCCCCCCCCCCC(O)(O)CCCCCCCCCCCC. The molecule has 0 aromatic rings. The summed E-state index contributed by atoms with van der Waals surface area (Å²) >= 11 is 0. The molecule has 0 aromatic heterocycles. The van der Waals surface area contributed by atoms with Gasteiger partial charge in [-0.15, -0.1) is 0 Å². The Morgan fingerprint density at radius 3 is 0.821 bits per heavy atom. The molecule has 2 heteroatoms. The molecule has 0 bridgehead atoms. The molecule has 0 radical (unpaired) electrons. The van der Waals surface area contributed by atoms with Gasteiger partial charge in [0.1, 0.15) is 0 Å². The van der Waals surface area contributed by atoms with Gasteiger partial charge in [0.05, 0.1) is 0 Å². The molecule has 0 amide bonds. The number of unbranched alkanes of at least 4 members (excludes halogenated alkanes) is 19. The highest BCUT2D eigenvalue weighted by molar-refractivity contribution is 4.65. The Morgan fingerprint density at radius 2 is 0.571 bits per heavy atom. The van der Waals surface area contributed by atoms with Crippen molar-refractivity contribution in [3.05, 3.63) is 0 Å². The highest BCUT2D eigenvalue weighted by Gasteiger charge is 2.21. The molecule has 2 N–H and O–H groups in total. The zero-order valence-electron chi connectivity index (χ0n) is 19.7. The zero-order valence-corrected chi connectivity index (χ0v) is 19.7. The summed E-state index contributed by atoms with van der Waals surface area (Å²) in [4.78, 5) is 0. The van der Waals surface area contributed by atoms with Crippen LogP contribution in [0.4, 0.5) is 0 Å². The highest BCUT2D eigenvalue weighted by Crippen LogP contribution is 2.21. The molecule has 0 rings (SSSR count). The molecule has 0 saturated carbocycles. The van der Waals surface area contributed by atoms with Gasteiger partial charge in [0, 0.05) is 12.8 Å². The Labute approximate surface area is 177 Å². The van der Waals surface area contributed by atoms with E-state index in [2.05, 4.69) is 13.8 Å². The second kappa shape index (κ2) is 21.6. The maximum atomic E-state index is 10.1. The lowest BCUT2D eigenvalue weighted by atomic mass is 9.99. The van der Waals surface area contributed by atoms with Crippen molar-refractivity contribution < 1.29 is 10.2 Å². The van der Waals surface area contributed by atoms with Gasteiger partial charge in [0.2, 0.25) is 0 Å². The Balaban J connectivity index is 3.30. The normalized spacial score (nSPS) is 12.0. The number of aliphatic hydroxyl groups is 2. The monoisotopic (exact) mass is 398 g/mol. The van der Waals surface area contributed by atoms with Gasteiger partial charge in [-0.25, -0.2) is 0 Å². The number of hydrogen-bond donors (Lipinski definition) is 2. The second-order valence-corrected chi connectivity index (χ2v) is 9.20. The van der Waals surface area contributed by atoms with Crippen LogP contribution >= 0.6 is 0 Å². The molecule has 0 unspecified atom stereocenters. The van der Waals surface area contributed by atoms with Gasteiger partial charge in [-0.05, 0) is 12.8 Å². The number of rotatable bonds is 23. The van der Waals surface area contributed by atoms with Crippen LogP contribution in [0.3, 0.4) is 0 Å². The van der Waals surface area contributed by atoms with Crippen LogP contribution in [0.1, 0.15) is 162 Å². The van der Waals surface area contributed by atoms with Gasteiger partial charge in [-0.1, -0.05) is 136 Å². The van der Waals surface area contributed by atoms with E-state index in [-0.39, 0.29) is 0 Å². The third kappa shape index (κ3) is 22.2. The van der Waals surface area contributed by atoms with Gasteiger partial charge < -0.3 is 10.2 Å². The minimum absolute atomic E-state index is 0.557. The zero-order chi connectivity index (χ0) is 20.8. The Morgan fingerprint density at radius 1 is 0.357 bits per heavy atom. The van der Waals surface area contributed by atoms with Crippen molar-refractivity contribution in [2.75, 3.05) is 0 Å². The molecule has 0 saturated heterocycles. The van der Waals surface area contributed by atoms with Crippen molar-refractivity contribution in [3.8, 4) is 0 Å². The van der Waals surface area contributed by atoms with E-state index in [9.17, 15) is 10.2 Å². The van der Waals surface area contributed by atoms with E-state index >= 15 is 0 Å². The van der Waals surface area contributed by atoms with E-state index in [0.717, 1.165) is 25.7 Å². The van der Waals surface area contributed by atoms with Crippen LogP contribution in [0.25, 0.3) is 0 Å². The van der Waals surface area contributed by atoms with E-state index in [1.807, 2.05) is 0 Å². The van der Waals surface area contributed by atoms with Crippen LogP contribution in [-0.4, -0.2) is 16.0 Å². The van der Waals surface area contributed by atoms with Crippen LogP contribution < -0.4 is 0 Å². The minimum atomic E-state index is -1.42. The summed E-state index contributed by atoms with van der Waals surface area (Å²) in [6.07, 6.45) is 28.4. The lowest BCUT2D eigenvalue weighted by Gasteiger charge is -2.21. The van der Waals surface area contributed by atoms with E-state index in [1.54, 1.807) is 0 Å². The molecule has 0 aliphatic carbocycles. The maximum Gasteiger partial charge on any atom is 0.162 e. The van der Waals surface area contributed by atoms with Crippen molar-refractivity contribution in [1.29, 1.82) is 0 Å². The molecule has 2 nitrogen and oxygen atoms in total. The van der Waals surface area contributed by atoms with Gasteiger partial charge in [0.15, 0.2) is 5.79 Å². The molecular weight excluding hydrogens is 344 g/mol. The first-order chi connectivity index (χ1) is 13.6. The summed E-state index contributed by atoms with van der Waals surface area (Å²) in [5.41, 5.74) is 0. The van der Waals surface area contributed by atoms with Crippen molar-refractivity contribution in [2.45, 2.75) is 167 Å². The Hall–Kier alpha value is -0.0800. The Bertz CT molecular complexity index is 288. The summed E-state index contributed by atoms with van der Waals surface area (Å²) in [7, 11) is 0. The predicted molar refractivity (Wildman–Crippen MR) is 125 cm³/mol. The van der Waals surface area contributed by atoms with E-state index in [4.69, 9.17) is 0 Å². The summed E-state index contributed by atoms with van der Waals surface area (Å²) in [6, 6.07) is 0. The molecule has 170 valence electrons. The second-order valence-electron chi connectivity index (χ2n) is 9.20. The van der Waals surface area contributed by atoms with Crippen LogP contribution in [0.2, 0.25) is 0 Å². The van der Waals surface area contributed by atoms with E-state index in [1.165, 1.54) is 109 Å². The molecule has 0 spiro atoms. The quantitative estimate of drug-likeness (QED) is 0.133. The number of hydrogen-bond acceptors (Lipinski definition) is 2. The van der Waals surface area contributed by atoms with E-state index < -0.39 is 5.79 Å². The predicted octanol–water partition coefficient (Wildman–Crippen LogP) is 8.68. The minimum Gasteiger partial charge on any atom is -0.366 e. The van der Waals surface area contributed by atoms with Crippen molar-refractivity contribution in [2.24, 2.45) is 0 Å². The van der Waals surface area contributed by atoms with Gasteiger partial charge in [-0.2, -0.15) is 0 Å². The molecule has 0 heterocycles. The third-order valence-corrected chi connectivity index (χ3v) is 6.11. The first-order valence-electron chi connectivity index (χ1n) is 13.1. The molecule has 0 aliphatic heterocycles. The molecule has 0 aliphatic rings. The van der Waals surface area contributed by atoms with Gasteiger partial charge in [0.25, 0.3) is 0 Å². The molecule has 0 fully saturated rings. The maximum absolute atomic E-state index is 10.1. The fraction of sp³-hybridized carbons (Fsp3) is 1.00. The van der Waals surface area contributed by atoms with Crippen molar-refractivity contribution >= 4 is 0 Å².